The van der Waals surface area contributed by atoms with Crippen molar-refractivity contribution >= 4 is 5.91 Å². The summed E-state index contributed by atoms with van der Waals surface area (Å²) in [6.07, 6.45) is 1.04. The minimum Gasteiger partial charge on any atom is -0.338 e. The number of amides is 1. The van der Waals surface area contributed by atoms with Crippen molar-refractivity contribution in [1.82, 2.24) is 14.8 Å². The second-order valence-corrected chi connectivity index (χ2v) is 6.56. The van der Waals surface area contributed by atoms with Gasteiger partial charge in [-0.2, -0.15) is 0 Å². The van der Waals surface area contributed by atoms with Crippen LogP contribution >= 0.6 is 0 Å². The Morgan fingerprint density at radius 1 is 1.33 bits per heavy atom. The van der Waals surface area contributed by atoms with Crippen LogP contribution in [0.1, 0.15) is 28.2 Å². The monoisotopic (exact) mass is 329 g/mol. The van der Waals surface area contributed by atoms with E-state index in [0.29, 0.717) is 11.5 Å². The zero-order chi connectivity index (χ0) is 17.3. The maximum atomic E-state index is 13.5. The van der Waals surface area contributed by atoms with Crippen molar-refractivity contribution in [3.8, 4) is 5.69 Å². The van der Waals surface area contributed by atoms with Crippen molar-refractivity contribution in [3.63, 3.8) is 0 Å². The standard InChI is InChI=1S/C19H24FN3O/c1-13-9-18(19(24)22-8-7-15(12-22)11-21-3)14(2)23(13)17-6-4-5-16(20)10-17/h4-6,9-10,15,21H,7-8,11-12H2,1-3H3/t15-/m1/s1. The van der Waals surface area contributed by atoms with Gasteiger partial charge in [-0.25, -0.2) is 4.39 Å². The van der Waals surface area contributed by atoms with Crippen LogP contribution in [0, 0.1) is 25.6 Å². The first-order chi connectivity index (χ1) is 11.5. The number of rotatable bonds is 4. The van der Waals surface area contributed by atoms with Crippen LogP contribution in [-0.4, -0.2) is 42.1 Å². The van der Waals surface area contributed by atoms with E-state index in [4.69, 9.17) is 0 Å². The molecule has 1 amide bonds. The van der Waals surface area contributed by atoms with Gasteiger partial charge in [0.25, 0.3) is 5.91 Å². The van der Waals surface area contributed by atoms with Crippen molar-refractivity contribution < 1.29 is 9.18 Å². The summed E-state index contributed by atoms with van der Waals surface area (Å²) in [7, 11) is 1.94. The predicted molar refractivity (Wildman–Crippen MR) is 93.1 cm³/mol. The molecule has 1 atom stereocenters. The van der Waals surface area contributed by atoms with Crippen molar-refractivity contribution in [2.24, 2.45) is 5.92 Å². The number of halogens is 1. The molecule has 24 heavy (non-hydrogen) atoms. The largest absolute Gasteiger partial charge is 0.338 e. The fourth-order valence-electron chi connectivity index (χ4n) is 3.63. The fraction of sp³-hybridized carbons (Fsp3) is 0.421. The molecule has 1 aliphatic rings. The van der Waals surface area contributed by atoms with Gasteiger partial charge in [-0.15, -0.1) is 0 Å². The molecule has 0 spiro atoms. The first-order valence-corrected chi connectivity index (χ1v) is 8.40. The van der Waals surface area contributed by atoms with Gasteiger partial charge in [0.15, 0.2) is 0 Å². The van der Waals surface area contributed by atoms with Crippen molar-refractivity contribution in [3.05, 3.63) is 53.1 Å². The van der Waals surface area contributed by atoms with E-state index in [1.165, 1.54) is 12.1 Å². The lowest BCUT2D eigenvalue weighted by molar-refractivity contribution is 0.0786. The molecule has 1 fully saturated rings. The Morgan fingerprint density at radius 2 is 2.12 bits per heavy atom. The van der Waals surface area contributed by atoms with E-state index in [9.17, 15) is 9.18 Å². The van der Waals surface area contributed by atoms with E-state index in [2.05, 4.69) is 5.32 Å². The Labute approximate surface area is 142 Å². The van der Waals surface area contributed by atoms with Crippen LogP contribution in [0.15, 0.2) is 30.3 Å². The summed E-state index contributed by atoms with van der Waals surface area (Å²) >= 11 is 0. The minimum atomic E-state index is -0.276. The van der Waals surface area contributed by atoms with E-state index >= 15 is 0 Å². The Kier molecular flexibility index (Phi) is 4.71. The van der Waals surface area contributed by atoms with Gasteiger partial charge >= 0.3 is 0 Å². The summed E-state index contributed by atoms with van der Waals surface area (Å²) in [5, 5.41) is 3.18. The summed E-state index contributed by atoms with van der Waals surface area (Å²) in [5.74, 6) is 0.317. The molecule has 1 N–H and O–H groups in total. The fourth-order valence-corrected chi connectivity index (χ4v) is 3.63. The quantitative estimate of drug-likeness (QED) is 0.936. The highest BCUT2D eigenvalue weighted by Gasteiger charge is 2.28. The molecule has 128 valence electrons. The van der Waals surface area contributed by atoms with Gasteiger partial charge in [-0.05, 0) is 64.0 Å². The van der Waals surface area contributed by atoms with Crippen molar-refractivity contribution in [2.75, 3.05) is 26.7 Å². The van der Waals surface area contributed by atoms with Gasteiger partial charge in [0.2, 0.25) is 0 Å². The highest BCUT2D eigenvalue weighted by atomic mass is 19.1. The molecule has 5 heteroatoms. The number of benzene rings is 1. The van der Waals surface area contributed by atoms with E-state index in [1.54, 1.807) is 6.07 Å². The lowest BCUT2D eigenvalue weighted by atomic mass is 10.1. The third kappa shape index (κ3) is 3.08. The van der Waals surface area contributed by atoms with Crippen LogP contribution in [0.25, 0.3) is 5.69 Å². The normalized spacial score (nSPS) is 17.5. The number of hydrogen-bond acceptors (Lipinski definition) is 2. The Bertz CT molecular complexity index is 753. The summed E-state index contributed by atoms with van der Waals surface area (Å²) in [4.78, 5) is 14.8. The van der Waals surface area contributed by atoms with Gasteiger partial charge in [-0.3, -0.25) is 4.79 Å². The van der Waals surface area contributed by atoms with E-state index < -0.39 is 0 Å². The smallest absolute Gasteiger partial charge is 0.255 e. The number of nitrogens with zero attached hydrogens (tertiary/aromatic N) is 2. The summed E-state index contributed by atoms with van der Waals surface area (Å²) in [6, 6.07) is 8.38. The topological polar surface area (TPSA) is 37.3 Å². The molecule has 0 bridgehead atoms. The van der Waals surface area contributed by atoms with Crippen LogP contribution in [0.4, 0.5) is 4.39 Å². The number of carbonyl (C=O) groups is 1. The average Bonchev–Trinajstić information content (AvgIpc) is 3.12. The molecule has 3 rings (SSSR count). The summed E-state index contributed by atoms with van der Waals surface area (Å²) in [5.41, 5.74) is 3.26. The molecule has 2 heterocycles. The molecule has 1 aliphatic heterocycles. The van der Waals surface area contributed by atoms with Gasteiger partial charge in [0.1, 0.15) is 5.82 Å². The van der Waals surface area contributed by atoms with Crippen LogP contribution in [0.3, 0.4) is 0 Å². The molecule has 2 aromatic rings. The molecular formula is C19H24FN3O. The second-order valence-electron chi connectivity index (χ2n) is 6.56. The first-order valence-electron chi connectivity index (χ1n) is 8.40. The summed E-state index contributed by atoms with van der Waals surface area (Å²) < 4.78 is 15.5. The molecule has 0 saturated carbocycles. The van der Waals surface area contributed by atoms with Gasteiger partial charge in [-0.1, -0.05) is 6.07 Å². The van der Waals surface area contributed by atoms with Crippen molar-refractivity contribution in [1.29, 1.82) is 0 Å². The third-order valence-electron chi connectivity index (χ3n) is 4.79. The maximum absolute atomic E-state index is 13.5. The number of hydrogen-bond donors (Lipinski definition) is 1. The number of carbonyl (C=O) groups excluding carboxylic acids is 1. The number of aromatic nitrogens is 1. The zero-order valence-corrected chi connectivity index (χ0v) is 14.5. The molecule has 0 unspecified atom stereocenters. The number of aryl methyl sites for hydroxylation is 1. The Balaban J connectivity index is 1.88. The van der Waals surface area contributed by atoms with Gasteiger partial charge in [0.05, 0.1) is 5.56 Å². The lowest BCUT2D eigenvalue weighted by Gasteiger charge is -2.17. The van der Waals surface area contributed by atoms with Crippen LogP contribution in [0.5, 0.6) is 0 Å². The molecule has 0 aliphatic carbocycles. The molecule has 1 aromatic heterocycles. The highest BCUT2D eigenvalue weighted by molar-refractivity contribution is 5.96. The average molecular weight is 329 g/mol. The Hall–Kier alpha value is -2.14. The predicted octanol–water partition coefficient (Wildman–Crippen LogP) is 2.91. The SMILES string of the molecule is CNC[C@H]1CCN(C(=O)c2cc(C)n(-c3cccc(F)c3)c2C)C1. The molecular weight excluding hydrogens is 305 g/mol. The second kappa shape index (κ2) is 6.77. The van der Waals surface area contributed by atoms with Gasteiger partial charge in [0, 0.05) is 30.2 Å². The third-order valence-corrected chi connectivity index (χ3v) is 4.79. The van der Waals surface area contributed by atoms with Gasteiger partial charge < -0.3 is 14.8 Å². The summed E-state index contributed by atoms with van der Waals surface area (Å²) in [6.45, 7) is 6.40. The number of nitrogens with one attached hydrogen (secondary N) is 1. The minimum absolute atomic E-state index is 0.0735. The zero-order valence-electron chi connectivity index (χ0n) is 14.5. The van der Waals surface area contributed by atoms with E-state index in [-0.39, 0.29) is 11.7 Å². The van der Waals surface area contributed by atoms with E-state index in [1.807, 2.05) is 42.5 Å². The first kappa shape index (κ1) is 16.7. The molecule has 4 nitrogen and oxygen atoms in total. The van der Waals surface area contributed by atoms with Crippen LogP contribution in [0.2, 0.25) is 0 Å². The molecule has 1 saturated heterocycles. The van der Waals surface area contributed by atoms with E-state index in [0.717, 1.165) is 43.1 Å². The maximum Gasteiger partial charge on any atom is 0.255 e. The van der Waals surface area contributed by atoms with Crippen LogP contribution < -0.4 is 5.32 Å². The molecule has 0 radical (unpaired) electrons. The highest BCUT2D eigenvalue weighted by Crippen LogP contribution is 2.25. The molecule has 1 aromatic carbocycles. The van der Waals surface area contributed by atoms with Crippen molar-refractivity contribution in [2.45, 2.75) is 20.3 Å². The lowest BCUT2D eigenvalue weighted by Crippen LogP contribution is -2.30. The van der Waals surface area contributed by atoms with Crippen LogP contribution in [-0.2, 0) is 0 Å². The Morgan fingerprint density at radius 3 is 2.83 bits per heavy atom. The number of likely N-dealkylation sites (tertiary alicyclic amines) is 1.